The highest BCUT2D eigenvalue weighted by Crippen LogP contribution is 2.28. The highest BCUT2D eigenvalue weighted by Gasteiger charge is 2.43. The van der Waals surface area contributed by atoms with E-state index in [-0.39, 0.29) is 24.9 Å². The lowest BCUT2D eigenvalue weighted by Gasteiger charge is -2.35. The molecule has 3 N–H and O–H groups in total. The van der Waals surface area contributed by atoms with Gasteiger partial charge in [0.1, 0.15) is 0 Å². The van der Waals surface area contributed by atoms with Gasteiger partial charge < -0.3 is 24.1 Å². The van der Waals surface area contributed by atoms with Crippen LogP contribution in [0.15, 0.2) is 0 Å². The van der Waals surface area contributed by atoms with E-state index in [0.29, 0.717) is 12.5 Å². The van der Waals surface area contributed by atoms with Crippen LogP contribution in [0.2, 0.25) is 6.04 Å². The maximum atomic E-state index is 9.05. The Morgan fingerprint density at radius 3 is 1.82 bits per heavy atom. The van der Waals surface area contributed by atoms with Crippen molar-refractivity contribution in [2.24, 2.45) is 11.7 Å². The predicted octanol–water partition coefficient (Wildman–Crippen LogP) is 1.02. The van der Waals surface area contributed by atoms with E-state index in [1.807, 2.05) is 13.8 Å². The molecule has 0 aromatic heterocycles. The summed E-state index contributed by atoms with van der Waals surface area (Å²) in [5, 5.41) is 9.05. The van der Waals surface area contributed by atoms with Crippen molar-refractivity contribution in [2.75, 3.05) is 27.9 Å². The summed E-state index contributed by atoms with van der Waals surface area (Å²) in [6.45, 7) is 3.98. The van der Waals surface area contributed by atoms with Crippen LogP contribution >= 0.6 is 12.4 Å². The summed E-state index contributed by atoms with van der Waals surface area (Å²) in [7, 11) is 2.13. The first-order chi connectivity index (χ1) is 7.35. The van der Waals surface area contributed by atoms with Gasteiger partial charge in [-0.25, -0.2) is 0 Å². The molecule has 0 aliphatic heterocycles. The van der Waals surface area contributed by atoms with Gasteiger partial charge in [0.2, 0.25) is 0 Å². The third kappa shape index (κ3) is 6.14. The van der Waals surface area contributed by atoms with Gasteiger partial charge in [-0.05, 0) is 26.2 Å². The fraction of sp³-hybridized carbons (Fsp3) is 1.00. The van der Waals surface area contributed by atoms with E-state index in [1.165, 1.54) is 0 Å². The second kappa shape index (κ2) is 8.42. The Hall–Kier alpha value is 0.307. The standard InChI is InChI=1S/C10H25NO4Si.ClH/c1-10(2,11)9(6-7-12)8-16(13-3,14-4)15-5;/h9,12H,6-8,11H2,1-5H3;1H. The molecule has 7 heteroatoms. The number of nitrogens with two attached hydrogens (primary N) is 1. The first kappa shape index (κ1) is 19.6. The first-order valence-electron chi connectivity index (χ1n) is 5.40. The largest absolute Gasteiger partial charge is 0.500 e. The van der Waals surface area contributed by atoms with Crippen molar-refractivity contribution in [2.45, 2.75) is 31.9 Å². The van der Waals surface area contributed by atoms with Crippen LogP contribution in [-0.4, -0.2) is 47.4 Å². The van der Waals surface area contributed by atoms with Crippen molar-refractivity contribution >= 4 is 21.2 Å². The Bertz CT molecular complexity index is 189. The predicted molar refractivity (Wildman–Crippen MR) is 72.3 cm³/mol. The maximum Gasteiger partial charge on any atom is 0.500 e. The highest BCUT2D eigenvalue weighted by molar-refractivity contribution is 6.60. The second-order valence-electron chi connectivity index (χ2n) is 4.53. The monoisotopic (exact) mass is 287 g/mol. The molecule has 0 rings (SSSR count). The number of halogens is 1. The van der Waals surface area contributed by atoms with Gasteiger partial charge >= 0.3 is 8.80 Å². The van der Waals surface area contributed by atoms with Gasteiger partial charge in [-0.15, -0.1) is 12.4 Å². The van der Waals surface area contributed by atoms with Crippen molar-refractivity contribution in [3.63, 3.8) is 0 Å². The maximum absolute atomic E-state index is 9.05. The van der Waals surface area contributed by atoms with E-state index in [4.69, 9.17) is 24.1 Å². The molecule has 0 fully saturated rings. The molecule has 0 saturated heterocycles. The van der Waals surface area contributed by atoms with Crippen LogP contribution in [0.1, 0.15) is 20.3 Å². The van der Waals surface area contributed by atoms with Crippen molar-refractivity contribution in [1.82, 2.24) is 0 Å². The minimum Gasteiger partial charge on any atom is -0.396 e. The van der Waals surface area contributed by atoms with E-state index in [2.05, 4.69) is 0 Å². The number of aliphatic hydroxyl groups is 1. The lowest BCUT2D eigenvalue weighted by Crippen LogP contribution is -2.50. The Kier molecular flexibility index (Phi) is 9.72. The molecule has 0 bridgehead atoms. The van der Waals surface area contributed by atoms with Crippen LogP contribution in [0.4, 0.5) is 0 Å². The number of hydrogen-bond acceptors (Lipinski definition) is 5. The summed E-state index contributed by atoms with van der Waals surface area (Å²) in [5.41, 5.74) is 5.69. The smallest absolute Gasteiger partial charge is 0.396 e. The molecule has 106 valence electrons. The Morgan fingerprint density at radius 2 is 1.59 bits per heavy atom. The highest BCUT2D eigenvalue weighted by atomic mass is 35.5. The minimum absolute atomic E-state index is 0. The van der Waals surface area contributed by atoms with Gasteiger partial charge in [-0.3, -0.25) is 0 Å². The molecule has 0 aliphatic carbocycles. The Balaban J connectivity index is 0. The molecule has 17 heavy (non-hydrogen) atoms. The van der Waals surface area contributed by atoms with Crippen molar-refractivity contribution in [3.8, 4) is 0 Å². The summed E-state index contributed by atoms with van der Waals surface area (Å²) in [6.07, 6.45) is 0.619. The average molecular weight is 288 g/mol. The number of aliphatic hydroxyl groups excluding tert-OH is 1. The third-order valence-corrected chi connectivity index (χ3v) is 5.82. The van der Waals surface area contributed by atoms with Crippen LogP contribution in [-0.2, 0) is 13.3 Å². The van der Waals surface area contributed by atoms with Crippen molar-refractivity contribution < 1.29 is 18.4 Å². The van der Waals surface area contributed by atoms with E-state index >= 15 is 0 Å². The van der Waals surface area contributed by atoms with Crippen molar-refractivity contribution in [1.29, 1.82) is 0 Å². The molecule has 0 spiro atoms. The summed E-state index contributed by atoms with van der Waals surface area (Å²) >= 11 is 0. The van der Waals surface area contributed by atoms with Crippen molar-refractivity contribution in [3.05, 3.63) is 0 Å². The van der Waals surface area contributed by atoms with E-state index in [9.17, 15) is 0 Å². The summed E-state index contributed by atoms with van der Waals surface area (Å²) in [4.78, 5) is 0. The normalized spacial score (nSPS) is 14.3. The van der Waals surface area contributed by atoms with Gasteiger partial charge in [0.05, 0.1) is 0 Å². The zero-order valence-corrected chi connectivity index (χ0v) is 13.2. The zero-order valence-electron chi connectivity index (χ0n) is 11.4. The number of hydrogen-bond donors (Lipinski definition) is 2. The Labute approximate surface area is 111 Å². The molecule has 5 nitrogen and oxygen atoms in total. The zero-order chi connectivity index (χ0) is 12.8. The second-order valence-corrected chi connectivity index (χ2v) is 7.53. The summed E-state index contributed by atoms with van der Waals surface area (Å²) in [5.74, 6) is 0.101. The molecule has 1 atom stereocenters. The molecular formula is C10H26ClNO4Si. The molecule has 0 radical (unpaired) electrons. The van der Waals surface area contributed by atoms with Gasteiger partial charge in [-0.1, -0.05) is 0 Å². The van der Waals surface area contributed by atoms with Gasteiger partial charge in [0.25, 0.3) is 0 Å². The fourth-order valence-electron chi connectivity index (χ4n) is 1.69. The fourth-order valence-corrected chi connectivity index (χ4v) is 4.03. The summed E-state index contributed by atoms with van der Waals surface area (Å²) in [6, 6.07) is 0.612. The SMILES string of the molecule is CO[Si](CC(CCO)C(C)(C)N)(OC)OC.Cl. The Morgan fingerprint density at radius 1 is 1.18 bits per heavy atom. The van der Waals surface area contributed by atoms with Crippen LogP contribution in [0.25, 0.3) is 0 Å². The topological polar surface area (TPSA) is 73.9 Å². The molecule has 0 saturated carbocycles. The molecular weight excluding hydrogens is 262 g/mol. The van der Waals surface area contributed by atoms with Crippen LogP contribution in [0.5, 0.6) is 0 Å². The van der Waals surface area contributed by atoms with Crippen LogP contribution in [0.3, 0.4) is 0 Å². The molecule has 0 amide bonds. The lowest BCUT2D eigenvalue weighted by atomic mass is 9.88. The molecule has 0 aromatic rings. The number of rotatable bonds is 8. The summed E-state index contributed by atoms with van der Waals surface area (Å²) < 4.78 is 16.1. The van der Waals surface area contributed by atoms with Crippen LogP contribution < -0.4 is 5.73 Å². The van der Waals surface area contributed by atoms with Gasteiger partial charge in [-0.2, -0.15) is 0 Å². The lowest BCUT2D eigenvalue weighted by molar-refractivity contribution is 0.108. The molecule has 0 aliphatic rings. The van der Waals surface area contributed by atoms with E-state index in [1.54, 1.807) is 21.3 Å². The molecule has 1 unspecified atom stereocenters. The average Bonchev–Trinajstić information content (AvgIpc) is 2.23. The third-order valence-electron chi connectivity index (χ3n) is 2.96. The van der Waals surface area contributed by atoms with Gasteiger partial charge in [0.15, 0.2) is 0 Å². The first-order valence-corrected chi connectivity index (χ1v) is 7.33. The van der Waals surface area contributed by atoms with Crippen LogP contribution in [0, 0.1) is 5.92 Å². The van der Waals surface area contributed by atoms with E-state index < -0.39 is 14.3 Å². The van der Waals surface area contributed by atoms with Gasteiger partial charge in [0, 0.05) is 39.5 Å². The minimum atomic E-state index is -2.62. The molecule has 0 aromatic carbocycles. The van der Waals surface area contributed by atoms with E-state index in [0.717, 1.165) is 0 Å². The quantitative estimate of drug-likeness (QED) is 0.652. The molecule has 0 heterocycles.